The lowest BCUT2D eigenvalue weighted by molar-refractivity contribution is -0.126. The summed E-state index contributed by atoms with van der Waals surface area (Å²) in [6.45, 7) is 4.89. The minimum Gasteiger partial charge on any atom is -0.283 e. The fourth-order valence-corrected chi connectivity index (χ4v) is 4.56. The number of carbonyl (C=O) groups is 1. The quantitative estimate of drug-likeness (QED) is 0.650. The molecule has 1 saturated carbocycles. The van der Waals surface area contributed by atoms with Gasteiger partial charge in [-0.15, -0.1) is 0 Å². The molecule has 2 aromatic heterocycles. The molecule has 1 aromatic carbocycles. The van der Waals surface area contributed by atoms with Crippen molar-refractivity contribution in [2.45, 2.75) is 39.7 Å². The van der Waals surface area contributed by atoms with E-state index in [9.17, 15) is 4.79 Å². The second-order valence-corrected chi connectivity index (χ2v) is 8.22. The van der Waals surface area contributed by atoms with Gasteiger partial charge in [0.1, 0.15) is 0 Å². The molecule has 4 nitrogen and oxygen atoms in total. The zero-order valence-corrected chi connectivity index (χ0v) is 16.0. The van der Waals surface area contributed by atoms with Crippen LogP contribution in [0.15, 0.2) is 42.7 Å². The van der Waals surface area contributed by atoms with E-state index in [0.717, 1.165) is 40.2 Å². The van der Waals surface area contributed by atoms with Gasteiger partial charge in [-0.25, -0.2) is 4.98 Å². The molecule has 4 rings (SSSR count). The van der Waals surface area contributed by atoms with E-state index in [1.54, 1.807) is 17.5 Å². The molecule has 0 atom stereocenters. The Labute approximate surface area is 157 Å². The number of aryl methyl sites for hydroxylation is 1. The second kappa shape index (κ2) is 7.16. The minimum atomic E-state index is 0.125. The van der Waals surface area contributed by atoms with E-state index in [1.165, 1.54) is 5.56 Å². The number of benzene rings is 1. The molecule has 3 aromatic rings. The highest BCUT2D eigenvalue weighted by atomic mass is 32.1. The number of aromatic nitrogens is 2. The van der Waals surface area contributed by atoms with Crippen molar-refractivity contribution in [1.29, 1.82) is 0 Å². The number of fused-ring (bicyclic) bond motifs is 1. The number of hydrogen-bond donors (Lipinski definition) is 0. The number of pyridine rings is 1. The van der Waals surface area contributed by atoms with Gasteiger partial charge in [-0.1, -0.05) is 37.3 Å². The number of rotatable bonds is 5. The summed E-state index contributed by atoms with van der Waals surface area (Å²) in [6, 6.07) is 10.3. The summed E-state index contributed by atoms with van der Waals surface area (Å²) in [5, 5.41) is 0.793. The molecule has 1 amide bonds. The summed E-state index contributed by atoms with van der Waals surface area (Å²) in [6.07, 6.45) is 6.54. The first-order valence-corrected chi connectivity index (χ1v) is 10.1. The molecular weight excluding hydrogens is 342 g/mol. The van der Waals surface area contributed by atoms with Crippen LogP contribution in [0, 0.1) is 11.8 Å². The number of hydrogen-bond acceptors (Lipinski definition) is 4. The number of thiazole rings is 1. The molecule has 0 unspecified atom stereocenters. The van der Waals surface area contributed by atoms with Gasteiger partial charge in [0, 0.05) is 18.3 Å². The Morgan fingerprint density at radius 2 is 2.12 bits per heavy atom. The third kappa shape index (κ3) is 3.36. The molecule has 1 fully saturated rings. The van der Waals surface area contributed by atoms with Crippen LogP contribution in [0.1, 0.15) is 37.8 Å². The molecular formula is C21H23N3OS. The largest absolute Gasteiger partial charge is 0.283 e. The molecule has 26 heavy (non-hydrogen) atoms. The molecule has 1 aliphatic rings. The van der Waals surface area contributed by atoms with Gasteiger partial charge in [-0.3, -0.25) is 14.7 Å². The Bertz CT molecular complexity index is 915. The number of carbonyl (C=O) groups excluding carboxylic acids is 1. The molecule has 0 N–H and O–H groups in total. The van der Waals surface area contributed by atoms with Crippen LogP contribution in [0.2, 0.25) is 0 Å². The monoisotopic (exact) mass is 365 g/mol. The fourth-order valence-electron chi connectivity index (χ4n) is 3.53. The van der Waals surface area contributed by atoms with Crippen LogP contribution in [-0.2, 0) is 17.8 Å². The fraction of sp³-hybridized carbons (Fsp3) is 0.381. The summed E-state index contributed by atoms with van der Waals surface area (Å²) in [7, 11) is 0. The van der Waals surface area contributed by atoms with Crippen LogP contribution < -0.4 is 4.90 Å². The van der Waals surface area contributed by atoms with E-state index >= 15 is 0 Å². The third-order valence-corrected chi connectivity index (χ3v) is 6.17. The molecule has 0 aliphatic heterocycles. The summed E-state index contributed by atoms with van der Waals surface area (Å²) < 4.78 is 1.14. The van der Waals surface area contributed by atoms with Gasteiger partial charge in [0.25, 0.3) is 0 Å². The molecule has 0 radical (unpaired) electrons. The van der Waals surface area contributed by atoms with Gasteiger partial charge in [-0.2, -0.15) is 0 Å². The van der Waals surface area contributed by atoms with Crippen molar-refractivity contribution in [3.05, 3.63) is 53.9 Å². The first kappa shape index (κ1) is 17.2. The van der Waals surface area contributed by atoms with E-state index in [1.807, 2.05) is 23.2 Å². The summed E-state index contributed by atoms with van der Waals surface area (Å²) in [5.74, 6) is 0.966. The second-order valence-electron chi connectivity index (χ2n) is 7.21. The average Bonchev–Trinajstić information content (AvgIpc) is 3.06. The normalized spacial score (nSPS) is 19.3. The first-order valence-electron chi connectivity index (χ1n) is 9.23. The SMILES string of the molecule is CCc1ccc2nc(N(Cc3cccnc3)C(=O)C3CC(C)C3)sc2c1. The average molecular weight is 366 g/mol. The maximum Gasteiger partial charge on any atom is 0.232 e. The van der Waals surface area contributed by atoms with Crippen molar-refractivity contribution in [3.8, 4) is 0 Å². The third-order valence-electron chi connectivity index (χ3n) is 5.13. The van der Waals surface area contributed by atoms with Gasteiger partial charge in [0.05, 0.1) is 16.8 Å². The maximum atomic E-state index is 13.1. The topological polar surface area (TPSA) is 46.1 Å². The van der Waals surface area contributed by atoms with Gasteiger partial charge < -0.3 is 0 Å². The van der Waals surface area contributed by atoms with Gasteiger partial charge >= 0.3 is 0 Å². The Kier molecular flexibility index (Phi) is 4.72. The smallest absolute Gasteiger partial charge is 0.232 e. The summed E-state index contributed by atoms with van der Waals surface area (Å²) in [5.41, 5.74) is 3.29. The van der Waals surface area contributed by atoms with Crippen molar-refractivity contribution in [3.63, 3.8) is 0 Å². The van der Waals surface area contributed by atoms with Crippen LogP contribution in [-0.4, -0.2) is 15.9 Å². The lowest BCUT2D eigenvalue weighted by atomic mass is 9.75. The van der Waals surface area contributed by atoms with Crippen molar-refractivity contribution in [2.75, 3.05) is 4.90 Å². The van der Waals surface area contributed by atoms with Gasteiger partial charge in [-0.05, 0) is 54.5 Å². The Morgan fingerprint density at radius 3 is 2.81 bits per heavy atom. The van der Waals surface area contributed by atoms with Crippen molar-refractivity contribution >= 4 is 32.6 Å². The Morgan fingerprint density at radius 1 is 1.27 bits per heavy atom. The maximum absolute atomic E-state index is 13.1. The van der Waals surface area contributed by atoms with Crippen LogP contribution >= 0.6 is 11.3 Å². The summed E-state index contributed by atoms with van der Waals surface area (Å²) in [4.78, 5) is 24.0. The molecule has 0 bridgehead atoms. The van der Waals surface area contributed by atoms with Gasteiger partial charge in [0.15, 0.2) is 5.13 Å². The molecule has 1 aliphatic carbocycles. The van der Waals surface area contributed by atoms with Crippen LogP contribution in [0.4, 0.5) is 5.13 Å². The lowest BCUT2D eigenvalue weighted by Crippen LogP contribution is -2.41. The van der Waals surface area contributed by atoms with E-state index in [-0.39, 0.29) is 11.8 Å². The first-order chi connectivity index (χ1) is 12.6. The van der Waals surface area contributed by atoms with Crippen LogP contribution in [0.5, 0.6) is 0 Å². The predicted octanol–water partition coefficient (Wildman–Crippen LogP) is 4.83. The highest BCUT2D eigenvalue weighted by Crippen LogP contribution is 2.38. The zero-order valence-electron chi connectivity index (χ0n) is 15.2. The molecule has 5 heteroatoms. The number of anilines is 1. The minimum absolute atomic E-state index is 0.125. The highest BCUT2D eigenvalue weighted by molar-refractivity contribution is 7.22. The Hall–Kier alpha value is -2.27. The van der Waals surface area contributed by atoms with Crippen molar-refractivity contribution < 1.29 is 4.79 Å². The molecule has 2 heterocycles. The predicted molar refractivity (Wildman–Crippen MR) is 106 cm³/mol. The highest BCUT2D eigenvalue weighted by Gasteiger charge is 2.35. The number of nitrogens with zero attached hydrogens (tertiary/aromatic N) is 3. The number of amides is 1. The molecule has 0 spiro atoms. The van der Waals surface area contributed by atoms with E-state index in [0.29, 0.717) is 12.5 Å². The standard InChI is InChI=1S/C21H23N3OS/c1-3-15-6-7-18-19(11-15)26-21(23-18)24(13-16-5-4-8-22-12-16)20(25)17-9-14(2)10-17/h4-8,11-12,14,17H,3,9-10,13H2,1-2H3. The van der Waals surface area contributed by atoms with Crippen molar-refractivity contribution in [1.82, 2.24) is 9.97 Å². The van der Waals surface area contributed by atoms with Crippen LogP contribution in [0.25, 0.3) is 10.2 Å². The van der Waals surface area contributed by atoms with Crippen LogP contribution in [0.3, 0.4) is 0 Å². The zero-order chi connectivity index (χ0) is 18.1. The summed E-state index contributed by atoms with van der Waals surface area (Å²) >= 11 is 1.61. The van der Waals surface area contributed by atoms with Gasteiger partial charge in [0.2, 0.25) is 5.91 Å². The Balaban J connectivity index is 1.68. The van der Waals surface area contributed by atoms with E-state index in [2.05, 4.69) is 37.0 Å². The van der Waals surface area contributed by atoms with E-state index < -0.39 is 0 Å². The molecule has 0 saturated heterocycles. The lowest BCUT2D eigenvalue weighted by Gasteiger charge is -2.35. The van der Waals surface area contributed by atoms with Crippen molar-refractivity contribution in [2.24, 2.45) is 11.8 Å². The van der Waals surface area contributed by atoms with E-state index in [4.69, 9.17) is 4.98 Å². The molecule has 134 valence electrons.